The number of aldehydes is 1. The average Bonchev–Trinajstić information content (AvgIpc) is 2.75. The van der Waals surface area contributed by atoms with Crippen LogP contribution in [0.4, 0.5) is 0 Å². The molecule has 4 nitrogen and oxygen atoms in total. The molecule has 1 saturated heterocycles. The van der Waals surface area contributed by atoms with Crippen molar-refractivity contribution in [2.75, 3.05) is 13.1 Å². The van der Waals surface area contributed by atoms with Gasteiger partial charge >= 0.3 is 0 Å². The van der Waals surface area contributed by atoms with Crippen LogP contribution in [0.5, 0.6) is 0 Å². The molecule has 1 fully saturated rings. The normalized spacial score (nSPS) is 15.9. The second-order valence-corrected chi connectivity index (χ2v) is 5.64. The molecule has 1 aromatic heterocycles. The first kappa shape index (κ1) is 13.9. The second-order valence-electron chi connectivity index (χ2n) is 5.64. The Bertz CT molecular complexity index is 652. The summed E-state index contributed by atoms with van der Waals surface area (Å²) < 4.78 is 1.94. The molecule has 1 aromatic carbocycles. The lowest BCUT2D eigenvalue weighted by atomic mass is 10.1. The summed E-state index contributed by atoms with van der Waals surface area (Å²) in [5, 5.41) is 0.913. The Kier molecular flexibility index (Phi) is 4.04. The van der Waals surface area contributed by atoms with E-state index in [1.807, 2.05) is 33.9 Å². The lowest BCUT2D eigenvalue weighted by molar-refractivity contribution is -0.131. The summed E-state index contributed by atoms with van der Waals surface area (Å²) in [5.41, 5.74) is 1.62. The van der Waals surface area contributed by atoms with Gasteiger partial charge in [0.2, 0.25) is 5.91 Å². The molecule has 1 aliphatic heterocycles. The van der Waals surface area contributed by atoms with Gasteiger partial charge in [0.25, 0.3) is 0 Å². The quantitative estimate of drug-likeness (QED) is 0.813. The first-order valence-corrected chi connectivity index (χ1v) is 7.60. The van der Waals surface area contributed by atoms with Gasteiger partial charge in [0, 0.05) is 35.8 Å². The van der Waals surface area contributed by atoms with Crippen molar-refractivity contribution < 1.29 is 9.59 Å². The highest BCUT2D eigenvalue weighted by Gasteiger charge is 2.16. The van der Waals surface area contributed by atoms with Gasteiger partial charge in [-0.15, -0.1) is 0 Å². The van der Waals surface area contributed by atoms with Crippen molar-refractivity contribution in [2.24, 2.45) is 0 Å². The summed E-state index contributed by atoms with van der Waals surface area (Å²) in [6.07, 6.45) is 7.41. The van der Waals surface area contributed by atoms with Crippen LogP contribution in [-0.4, -0.2) is 34.7 Å². The maximum atomic E-state index is 12.5. The molecule has 110 valence electrons. The number of likely N-dealkylation sites (tertiary alicyclic amines) is 1. The van der Waals surface area contributed by atoms with Crippen molar-refractivity contribution >= 4 is 23.1 Å². The molecule has 0 spiro atoms. The van der Waals surface area contributed by atoms with E-state index in [9.17, 15) is 9.59 Å². The first-order chi connectivity index (χ1) is 10.3. The zero-order chi connectivity index (χ0) is 14.7. The summed E-state index contributed by atoms with van der Waals surface area (Å²) >= 11 is 0. The van der Waals surface area contributed by atoms with Gasteiger partial charge in [-0.1, -0.05) is 25.0 Å². The average molecular weight is 284 g/mol. The summed E-state index contributed by atoms with van der Waals surface area (Å²) in [6, 6.07) is 7.53. The fourth-order valence-electron chi connectivity index (χ4n) is 3.05. The molecule has 1 amide bonds. The van der Waals surface area contributed by atoms with Crippen LogP contribution in [0.1, 0.15) is 36.0 Å². The van der Waals surface area contributed by atoms with Crippen LogP contribution >= 0.6 is 0 Å². The SMILES string of the molecule is O=Cc1cccc2c1ccn2CC(=O)N1CCCCCC1. The second kappa shape index (κ2) is 6.12. The minimum absolute atomic E-state index is 0.172. The Hall–Kier alpha value is -2.10. The molecule has 0 unspecified atom stereocenters. The molecule has 2 aromatic rings. The Morgan fingerprint density at radius 3 is 2.57 bits per heavy atom. The summed E-state index contributed by atoms with van der Waals surface area (Å²) in [7, 11) is 0. The predicted octanol–water partition coefficient (Wildman–Crippen LogP) is 2.86. The Labute approximate surface area is 124 Å². The molecule has 0 bridgehead atoms. The molecule has 0 radical (unpaired) electrons. The number of hydrogen-bond acceptors (Lipinski definition) is 2. The summed E-state index contributed by atoms with van der Waals surface area (Å²) in [4.78, 5) is 25.5. The number of fused-ring (bicyclic) bond motifs is 1. The van der Waals surface area contributed by atoms with Crippen molar-refractivity contribution in [3.8, 4) is 0 Å². The number of nitrogens with zero attached hydrogens (tertiary/aromatic N) is 2. The number of carbonyl (C=O) groups is 2. The first-order valence-electron chi connectivity index (χ1n) is 7.60. The molecule has 1 aliphatic rings. The number of carbonyl (C=O) groups excluding carboxylic acids is 2. The molecule has 3 rings (SSSR count). The third-order valence-corrected chi connectivity index (χ3v) is 4.24. The van der Waals surface area contributed by atoms with E-state index in [0.717, 1.165) is 43.1 Å². The van der Waals surface area contributed by atoms with Crippen molar-refractivity contribution in [1.29, 1.82) is 0 Å². The Morgan fingerprint density at radius 1 is 1.10 bits per heavy atom. The van der Waals surface area contributed by atoms with E-state index >= 15 is 0 Å². The van der Waals surface area contributed by atoms with Crippen molar-refractivity contribution in [1.82, 2.24) is 9.47 Å². The van der Waals surface area contributed by atoms with E-state index < -0.39 is 0 Å². The van der Waals surface area contributed by atoms with E-state index in [2.05, 4.69) is 0 Å². The van der Waals surface area contributed by atoms with Crippen LogP contribution in [0.3, 0.4) is 0 Å². The van der Waals surface area contributed by atoms with Gasteiger partial charge in [0.15, 0.2) is 6.29 Å². The van der Waals surface area contributed by atoms with E-state index in [1.54, 1.807) is 6.07 Å². The summed E-state index contributed by atoms with van der Waals surface area (Å²) in [5.74, 6) is 0.172. The summed E-state index contributed by atoms with van der Waals surface area (Å²) in [6.45, 7) is 2.10. The number of amides is 1. The van der Waals surface area contributed by atoms with Gasteiger partial charge in [-0.05, 0) is 25.0 Å². The van der Waals surface area contributed by atoms with E-state index in [4.69, 9.17) is 0 Å². The number of rotatable bonds is 3. The minimum atomic E-state index is 0.172. The van der Waals surface area contributed by atoms with E-state index in [0.29, 0.717) is 12.1 Å². The van der Waals surface area contributed by atoms with Crippen LogP contribution in [-0.2, 0) is 11.3 Å². The maximum absolute atomic E-state index is 12.5. The monoisotopic (exact) mass is 284 g/mol. The maximum Gasteiger partial charge on any atom is 0.242 e. The number of aromatic nitrogens is 1. The van der Waals surface area contributed by atoms with Gasteiger partial charge in [-0.25, -0.2) is 0 Å². The molecule has 0 saturated carbocycles. The van der Waals surface area contributed by atoms with Crippen molar-refractivity contribution in [3.63, 3.8) is 0 Å². The van der Waals surface area contributed by atoms with E-state index in [1.165, 1.54) is 12.8 Å². The van der Waals surface area contributed by atoms with Gasteiger partial charge in [-0.3, -0.25) is 9.59 Å². The Balaban J connectivity index is 1.81. The fraction of sp³-hybridized carbons (Fsp3) is 0.412. The molecule has 0 N–H and O–H groups in total. The number of hydrogen-bond donors (Lipinski definition) is 0. The predicted molar refractivity (Wildman–Crippen MR) is 82.4 cm³/mol. The standard InChI is InChI=1S/C17H20N2O2/c20-13-14-6-5-7-16-15(14)8-11-19(16)12-17(21)18-9-3-1-2-4-10-18/h5-8,11,13H,1-4,9-10,12H2. The molecule has 4 heteroatoms. The minimum Gasteiger partial charge on any atom is -0.341 e. The number of benzene rings is 1. The lowest BCUT2D eigenvalue weighted by Crippen LogP contribution is -2.34. The van der Waals surface area contributed by atoms with Gasteiger partial charge in [0.1, 0.15) is 6.54 Å². The largest absolute Gasteiger partial charge is 0.341 e. The third-order valence-electron chi connectivity index (χ3n) is 4.24. The van der Waals surface area contributed by atoms with Gasteiger partial charge in [0.05, 0.1) is 0 Å². The van der Waals surface area contributed by atoms with Crippen LogP contribution in [0, 0.1) is 0 Å². The van der Waals surface area contributed by atoms with Crippen molar-refractivity contribution in [3.05, 3.63) is 36.0 Å². The van der Waals surface area contributed by atoms with E-state index in [-0.39, 0.29) is 5.91 Å². The van der Waals surface area contributed by atoms with Crippen LogP contribution < -0.4 is 0 Å². The molecule has 2 heterocycles. The molecular formula is C17H20N2O2. The van der Waals surface area contributed by atoms with Gasteiger partial charge < -0.3 is 9.47 Å². The topological polar surface area (TPSA) is 42.3 Å². The highest BCUT2D eigenvalue weighted by atomic mass is 16.2. The third kappa shape index (κ3) is 2.84. The zero-order valence-electron chi connectivity index (χ0n) is 12.1. The molecule has 21 heavy (non-hydrogen) atoms. The molecule has 0 aliphatic carbocycles. The molecular weight excluding hydrogens is 264 g/mol. The van der Waals surface area contributed by atoms with Crippen LogP contribution in [0.15, 0.2) is 30.5 Å². The fourth-order valence-corrected chi connectivity index (χ4v) is 3.05. The highest BCUT2D eigenvalue weighted by molar-refractivity contribution is 5.97. The highest BCUT2D eigenvalue weighted by Crippen LogP contribution is 2.19. The van der Waals surface area contributed by atoms with Crippen LogP contribution in [0.2, 0.25) is 0 Å². The van der Waals surface area contributed by atoms with Crippen LogP contribution in [0.25, 0.3) is 10.9 Å². The lowest BCUT2D eigenvalue weighted by Gasteiger charge is -2.20. The zero-order valence-corrected chi connectivity index (χ0v) is 12.1. The van der Waals surface area contributed by atoms with Crippen molar-refractivity contribution in [2.45, 2.75) is 32.2 Å². The smallest absolute Gasteiger partial charge is 0.242 e. The Morgan fingerprint density at radius 2 is 1.86 bits per heavy atom. The molecule has 0 atom stereocenters. The van der Waals surface area contributed by atoms with Gasteiger partial charge in [-0.2, -0.15) is 0 Å².